The maximum Gasteiger partial charge on any atom is 0.225 e. The van der Waals surface area contributed by atoms with Gasteiger partial charge in [-0.1, -0.05) is 53.9 Å². The van der Waals surface area contributed by atoms with E-state index < -0.39 is 0 Å². The minimum atomic E-state index is -0.266. The molecule has 90 valence electrons. The SMILES string of the molecule is CCCCC(CCC)NC(=O)C(C)(C)C. The summed E-state index contributed by atoms with van der Waals surface area (Å²) in [5.41, 5.74) is -0.266. The van der Waals surface area contributed by atoms with E-state index in [2.05, 4.69) is 19.2 Å². The van der Waals surface area contributed by atoms with Crippen LogP contribution in [0.5, 0.6) is 0 Å². The Kier molecular flexibility index (Phi) is 6.62. The molecule has 2 nitrogen and oxygen atoms in total. The zero-order valence-corrected chi connectivity index (χ0v) is 11.0. The van der Waals surface area contributed by atoms with E-state index in [-0.39, 0.29) is 11.3 Å². The van der Waals surface area contributed by atoms with Crippen LogP contribution in [0.4, 0.5) is 0 Å². The summed E-state index contributed by atoms with van der Waals surface area (Å²) >= 11 is 0. The van der Waals surface area contributed by atoms with Gasteiger partial charge in [0, 0.05) is 11.5 Å². The molecule has 0 saturated heterocycles. The summed E-state index contributed by atoms with van der Waals surface area (Å²) in [6.45, 7) is 10.2. The fourth-order valence-corrected chi connectivity index (χ4v) is 1.49. The Morgan fingerprint density at radius 1 is 1.13 bits per heavy atom. The molecule has 0 aromatic rings. The Hall–Kier alpha value is -0.530. The molecule has 0 radical (unpaired) electrons. The molecule has 0 aromatic carbocycles. The molecule has 0 saturated carbocycles. The van der Waals surface area contributed by atoms with Gasteiger partial charge in [0.1, 0.15) is 0 Å². The lowest BCUT2D eigenvalue weighted by molar-refractivity contribution is -0.129. The molecule has 0 aliphatic rings. The van der Waals surface area contributed by atoms with Crippen LogP contribution in [0.2, 0.25) is 0 Å². The largest absolute Gasteiger partial charge is 0.353 e. The predicted molar refractivity (Wildman–Crippen MR) is 65.8 cm³/mol. The molecule has 1 unspecified atom stereocenters. The Bertz CT molecular complexity index is 181. The van der Waals surface area contributed by atoms with Gasteiger partial charge >= 0.3 is 0 Å². The molecule has 0 rings (SSSR count). The minimum Gasteiger partial charge on any atom is -0.353 e. The number of carbonyl (C=O) groups excluding carboxylic acids is 1. The molecule has 1 atom stereocenters. The van der Waals surface area contributed by atoms with Gasteiger partial charge in [-0.2, -0.15) is 0 Å². The summed E-state index contributed by atoms with van der Waals surface area (Å²) in [6.07, 6.45) is 5.76. The molecule has 0 aromatic heterocycles. The Morgan fingerprint density at radius 2 is 1.73 bits per heavy atom. The van der Waals surface area contributed by atoms with Crippen LogP contribution in [-0.2, 0) is 4.79 Å². The van der Waals surface area contributed by atoms with Crippen LogP contribution in [-0.4, -0.2) is 11.9 Å². The second kappa shape index (κ2) is 6.86. The van der Waals surface area contributed by atoms with Gasteiger partial charge in [0.05, 0.1) is 0 Å². The van der Waals surface area contributed by atoms with Crippen molar-refractivity contribution in [1.29, 1.82) is 0 Å². The number of nitrogens with one attached hydrogen (secondary N) is 1. The molecular formula is C13H27NO. The van der Waals surface area contributed by atoms with E-state index in [0.717, 1.165) is 19.3 Å². The summed E-state index contributed by atoms with van der Waals surface area (Å²) in [4.78, 5) is 11.8. The van der Waals surface area contributed by atoms with Gasteiger partial charge in [0.15, 0.2) is 0 Å². The highest BCUT2D eigenvalue weighted by Gasteiger charge is 2.23. The summed E-state index contributed by atoms with van der Waals surface area (Å²) < 4.78 is 0. The number of rotatable bonds is 6. The number of hydrogen-bond donors (Lipinski definition) is 1. The molecule has 2 heteroatoms. The lowest BCUT2D eigenvalue weighted by Crippen LogP contribution is -2.41. The van der Waals surface area contributed by atoms with Gasteiger partial charge in [-0.15, -0.1) is 0 Å². The fraction of sp³-hybridized carbons (Fsp3) is 0.923. The summed E-state index contributed by atoms with van der Waals surface area (Å²) in [5.74, 6) is 0.178. The highest BCUT2D eigenvalue weighted by atomic mass is 16.2. The van der Waals surface area contributed by atoms with Crippen LogP contribution in [0.25, 0.3) is 0 Å². The first-order valence-electron chi connectivity index (χ1n) is 6.22. The molecule has 0 spiro atoms. The van der Waals surface area contributed by atoms with E-state index in [4.69, 9.17) is 0 Å². The normalized spacial score (nSPS) is 13.7. The molecule has 0 aliphatic carbocycles. The first kappa shape index (κ1) is 14.5. The first-order chi connectivity index (χ1) is 6.91. The van der Waals surface area contributed by atoms with Crippen molar-refractivity contribution in [3.8, 4) is 0 Å². The van der Waals surface area contributed by atoms with Gasteiger partial charge < -0.3 is 5.32 Å². The lowest BCUT2D eigenvalue weighted by atomic mass is 9.94. The molecular weight excluding hydrogens is 186 g/mol. The van der Waals surface area contributed by atoms with Crippen molar-refractivity contribution in [2.75, 3.05) is 0 Å². The van der Waals surface area contributed by atoms with E-state index in [1.165, 1.54) is 12.8 Å². The molecule has 0 fully saturated rings. The van der Waals surface area contributed by atoms with Gasteiger partial charge in [-0.25, -0.2) is 0 Å². The van der Waals surface area contributed by atoms with Crippen LogP contribution < -0.4 is 5.32 Å². The van der Waals surface area contributed by atoms with Crippen molar-refractivity contribution in [1.82, 2.24) is 5.32 Å². The van der Waals surface area contributed by atoms with Crippen LogP contribution in [0, 0.1) is 5.41 Å². The molecule has 0 heterocycles. The first-order valence-corrected chi connectivity index (χ1v) is 6.22. The average Bonchev–Trinajstić information content (AvgIpc) is 2.13. The third-order valence-corrected chi connectivity index (χ3v) is 2.56. The van der Waals surface area contributed by atoms with Crippen LogP contribution in [0.3, 0.4) is 0 Å². The van der Waals surface area contributed by atoms with Crippen LogP contribution >= 0.6 is 0 Å². The molecule has 0 bridgehead atoms. The monoisotopic (exact) mass is 213 g/mol. The number of carbonyl (C=O) groups is 1. The van der Waals surface area contributed by atoms with E-state index in [1.54, 1.807) is 0 Å². The zero-order chi connectivity index (χ0) is 11.9. The van der Waals surface area contributed by atoms with Crippen molar-refractivity contribution >= 4 is 5.91 Å². The summed E-state index contributed by atoms with van der Waals surface area (Å²) in [7, 11) is 0. The highest BCUT2D eigenvalue weighted by Crippen LogP contribution is 2.15. The summed E-state index contributed by atoms with van der Waals surface area (Å²) in [5, 5.41) is 3.15. The number of amides is 1. The number of unbranched alkanes of at least 4 members (excludes halogenated alkanes) is 1. The standard InChI is InChI=1S/C13H27NO/c1-6-8-10-11(9-7-2)14-12(15)13(3,4)5/h11H,6-10H2,1-5H3,(H,14,15). The van der Waals surface area contributed by atoms with E-state index in [0.29, 0.717) is 6.04 Å². The van der Waals surface area contributed by atoms with E-state index in [9.17, 15) is 4.79 Å². The van der Waals surface area contributed by atoms with E-state index >= 15 is 0 Å². The third kappa shape index (κ3) is 6.53. The molecule has 15 heavy (non-hydrogen) atoms. The van der Waals surface area contributed by atoms with Crippen molar-refractivity contribution < 1.29 is 4.79 Å². The Morgan fingerprint density at radius 3 is 2.13 bits per heavy atom. The maximum absolute atomic E-state index is 11.8. The zero-order valence-electron chi connectivity index (χ0n) is 11.0. The van der Waals surface area contributed by atoms with Crippen molar-refractivity contribution in [3.63, 3.8) is 0 Å². The maximum atomic E-state index is 11.8. The van der Waals surface area contributed by atoms with Gasteiger partial charge in [0.25, 0.3) is 0 Å². The highest BCUT2D eigenvalue weighted by molar-refractivity contribution is 5.81. The fourth-order valence-electron chi connectivity index (χ4n) is 1.49. The second-order valence-electron chi connectivity index (χ2n) is 5.35. The van der Waals surface area contributed by atoms with Gasteiger partial charge in [-0.3, -0.25) is 4.79 Å². The minimum absolute atomic E-state index is 0.178. The topological polar surface area (TPSA) is 29.1 Å². The van der Waals surface area contributed by atoms with Gasteiger partial charge in [-0.05, 0) is 12.8 Å². The quantitative estimate of drug-likeness (QED) is 0.718. The molecule has 1 amide bonds. The van der Waals surface area contributed by atoms with Crippen molar-refractivity contribution in [3.05, 3.63) is 0 Å². The predicted octanol–water partition coefficient (Wildman–Crippen LogP) is 3.51. The molecule has 0 aliphatic heterocycles. The van der Waals surface area contributed by atoms with E-state index in [1.807, 2.05) is 20.8 Å². The second-order valence-corrected chi connectivity index (χ2v) is 5.35. The van der Waals surface area contributed by atoms with Crippen molar-refractivity contribution in [2.24, 2.45) is 5.41 Å². The lowest BCUT2D eigenvalue weighted by Gasteiger charge is -2.24. The van der Waals surface area contributed by atoms with Crippen molar-refractivity contribution in [2.45, 2.75) is 72.8 Å². The third-order valence-electron chi connectivity index (χ3n) is 2.56. The number of hydrogen-bond acceptors (Lipinski definition) is 1. The van der Waals surface area contributed by atoms with Gasteiger partial charge in [0.2, 0.25) is 5.91 Å². The smallest absolute Gasteiger partial charge is 0.225 e. The van der Waals surface area contributed by atoms with Crippen LogP contribution in [0.15, 0.2) is 0 Å². The summed E-state index contributed by atoms with van der Waals surface area (Å²) in [6, 6.07) is 0.377. The Balaban J connectivity index is 4.09. The van der Waals surface area contributed by atoms with Crippen LogP contribution in [0.1, 0.15) is 66.7 Å². The average molecular weight is 213 g/mol. The molecule has 1 N–H and O–H groups in total. The Labute approximate surface area is 94.8 Å².